The molecule has 2 amide bonds. The fraction of sp³-hybridized carbons (Fsp3) is 0.615. The minimum Gasteiger partial charge on any atom is -0.339 e. The summed E-state index contributed by atoms with van der Waals surface area (Å²) in [5, 5.41) is 0.878. The number of hydrogen-bond acceptors (Lipinski definition) is 4. The van der Waals surface area contributed by atoms with Crippen LogP contribution in [-0.2, 0) is 16.1 Å². The first-order valence-electron chi connectivity index (χ1n) is 6.79. The maximum Gasteiger partial charge on any atom is 0.233 e. The number of carbonyl (C=O) groups excluding carboxylic acids is 2. The molecule has 0 aliphatic carbocycles. The Morgan fingerprint density at radius 3 is 2.50 bits per heavy atom. The van der Waals surface area contributed by atoms with Gasteiger partial charge in [0.05, 0.1) is 5.75 Å². The summed E-state index contributed by atoms with van der Waals surface area (Å²) in [4.78, 5) is 31.2. The van der Waals surface area contributed by atoms with Gasteiger partial charge in [-0.25, -0.2) is 4.98 Å². The number of hydrogen-bond donors (Lipinski definition) is 0. The van der Waals surface area contributed by atoms with Crippen LogP contribution in [0.1, 0.15) is 13.8 Å². The third kappa shape index (κ3) is 3.53. The number of imidazole rings is 1. The third-order valence-corrected chi connectivity index (χ3v) is 4.41. The first-order chi connectivity index (χ1) is 9.61. The lowest BCUT2D eigenvalue weighted by molar-refractivity contribution is -0.136. The Bertz CT molecular complexity index is 480. The van der Waals surface area contributed by atoms with Crippen LogP contribution >= 0.6 is 11.8 Å². The highest BCUT2D eigenvalue weighted by Crippen LogP contribution is 2.16. The maximum absolute atomic E-state index is 12.1. The molecule has 1 aromatic rings. The van der Waals surface area contributed by atoms with E-state index in [2.05, 4.69) is 11.9 Å². The van der Waals surface area contributed by atoms with E-state index in [1.165, 1.54) is 11.8 Å². The lowest BCUT2D eigenvalue weighted by Crippen LogP contribution is -2.50. The van der Waals surface area contributed by atoms with Gasteiger partial charge in [-0.2, -0.15) is 0 Å². The summed E-state index contributed by atoms with van der Waals surface area (Å²) in [6.07, 6.45) is 3.67. The van der Waals surface area contributed by atoms with E-state index in [9.17, 15) is 9.59 Å². The Labute approximate surface area is 123 Å². The van der Waals surface area contributed by atoms with Gasteiger partial charge >= 0.3 is 0 Å². The average Bonchev–Trinajstić information content (AvgIpc) is 2.92. The van der Waals surface area contributed by atoms with Gasteiger partial charge in [-0.1, -0.05) is 11.8 Å². The van der Waals surface area contributed by atoms with Crippen molar-refractivity contribution in [2.24, 2.45) is 0 Å². The van der Waals surface area contributed by atoms with Gasteiger partial charge in [0, 0.05) is 52.0 Å². The molecule has 7 heteroatoms. The van der Waals surface area contributed by atoms with Crippen LogP contribution in [0.4, 0.5) is 0 Å². The summed E-state index contributed by atoms with van der Waals surface area (Å²) < 4.78 is 2.02. The summed E-state index contributed by atoms with van der Waals surface area (Å²) in [5.41, 5.74) is 0. The summed E-state index contributed by atoms with van der Waals surface area (Å²) >= 11 is 1.47. The van der Waals surface area contributed by atoms with Gasteiger partial charge in [0.2, 0.25) is 11.8 Å². The molecule has 1 aromatic heterocycles. The monoisotopic (exact) mass is 296 g/mol. The molecule has 110 valence electrons. The van der Waals surface area contributed by atoms with E-state index in [1.54, 1.807) is 18.0 Å². The van der Waals surface area contributed by atoms with Crippen LogP contribution in [0.25, 0.3) is 0 Å². The Morgan fingerprint density at radius 1 is 1.25 bits per heavy atom. The lowest BCUT2D eigenvalue weighted by Gasteiger charge is -2.34. The molecule has 0 spiro atoms. The highest BCUT2D eigenvalue weighted by Gasteiger charge is 2.22. The number of rotatable bonds is 4. The van der Waals surface area contributed by atoms with Crippen LogP contribution < -0.4 is 0 Å². The minimum absolute atomic E-state index is 0.0800. The van der Waals surface area contributed by atoms with Crippen LogP contribution in [0.5, 0.6) is 0 Å². The van der Waals surface area contributed by atoms with Crippen molar-refractivity contribution in [2.45, 2.75) is 25.5 Å². The Morgan fingerprint density at radius 2 is 1.90 bits per heavy atom. The van der Waals surface area contributed by atoms with E-state index >= 15 is 0 Å². The smallest absolute Gasteiger partial charge is 0.233 e. The van der Waals surface area contributed by atoms with E-state index < -0.39 is 0 Å². The van der Waals surface area contributed by atoms with Gasteiger partial charge < -0.3 is 14.4 Å². The molecule has 0 radical (unpaired) electrons. The van der Waals surface area contributed by atoms with Crippen molar-refractivity contribution >= 4 is 23.6 Å². The van der Waals surface area contributed by atoms with Gasteiger partial charge in [-0.15, -0.1) is 0 Å². The Balaban J connectivity index is 1.80. The molecule has 6 nitrogen and oxygen atoms in total. The second kappa shape index (κ2) is 6.78. The number of aromatic nitrogens is 2. The van der Waals surface area contributed by atoms with Crippen molar-refractivity contribution in [3.63, 3.8) is 0 Å². The Kier molecular flexibility index (Phi) is 5.05. The molecule has 1 aliphatic rings. The number of amides is 2. The van der Waals surface area contributed by atoms with Gasteiger partial charge in [-0.05, 0) is 6.92 Å². The largest absolute Gasteiger partial charge is 0.339 e. The number of thioether (sulfide) groups is 1. The molecule has 2 rings (SSSR count). The topological polar surface area (TPSA) is 58.4 Å². The number of nitrogens with zero attached hydrogens (tertiary/aromatic N) is 4. The van der Waals surface area contributed by atoms with Crippen molar-refractivity contribution < 1.29 is 9.59 Å². The van der Waals surface area contributed by atoms with E-state index in [0.29, 0.717) is 31.9 Å². The van der Waals surface area contributed by atoms with Crippen LogP contribution in [0.3, 0.4) is 0 Å². The van der Waals surface area contributed by atoms with Gasteiger partial charge in [0.1, 0.15) is 0 Å². The summed E-state index contributed by atoms with van der Waals surface area (Å²) in [6.45, 7) is 6.99. The number of aryl methyl sites for hydroxylation is 1. The fourth-order valence-electron chi connectivity index (χ4n) is 2.16. The van der Waals surface area contributed by atoms with Crippen LogP contribution in [-0.4, -0.2) is 63.1 Å². The highest BCUT2D eigenvalue weighted by molar-refractivity contribution is 7.99. The van der Waals surface area contributed by atoms with Gasteiger partial charge in [0.25, 0.3) is 0 Å². The molecule has 0 aromatic carbocycles. The molecule has 1 saturated heterocycles. The quantitative estimate of drug-likeness (QED) is 0.767. The van der Waals surface area contributed by atoms with Crippen LogP contribution in [0.2, 0.25) is 0 Å². The molecular weight excluding hydrogens is 276 g/mol. The van der Waals surface area contributed by atoms with Crippen LogP contribution in [0, 0.1) is 0 Å². The van der Waals surface area contributed by atoms with Crippen molar-refractivity contribution in [2.75, 3.05) is 31.9 Å². The van der Waals surface area contributed by atoms with Crippen LogP contribution in [0.15, 0.2) is 17.6 Å². The van der Waals surface area contributed by atoms with E-state index in [4.69, 9.17) is 0 Å². The van der Waals surface area contributed by atoms with Crippen molar-refractivity contribution in [3.05, 3.63) is 12.4 Å². The maximum atomic E-state index is 12.1. The van der Waals surface area contributed by atoms with E-state index in [0.717, 1.165) is 11.7 Å². The Hall–Kier alpha value is -1.50. The molecule has 20 heavy (non-hydrogen) atoms. The van der Waals surface area contributed by atoms with Crippen molar-refractivity contribution in [1.82, 2.24) is 19.4 Å². The second-order valence-corrected chi connectivity index (χ2v) is 5.61. The zero-order valence-corrected chi connectivity index (χ0v) is 12.7. The molecule has 1 aliphatic heterocycles. The fourth-order valence-corrected chi connectivity index (χ4v) is 3.09. The summed E-state index contributed by atoms with van der Waals surface area (Å²) in [5.74, 6) is 0.595. The van der Waals surface area contributed by atoms with Gasteiger partial charge in [0.15, 0.2) is 5.16 Å². The predicted octanol–water partition coefficient (Wildman–Crippen LogP) is 0.686. The molecule has 2 heterocycles. The zero-order chi connectivity index (χ0) is 14.5. The SMILES string of the molecule is CCn1ccnc1SCC(=O)N1CCN(C(C)=O)CC1. The molecule has 0 N–H and O–H groups in total. The van der Waals surface area contributed by atoms with Crippen molar-refractivity contribution in [3.8, 4) is 0 Å². The standard InChI is InChI=1S/C13H20N4O2S/c1-3-15-5-4-14-13(15)20-10-12(19)17-8-6-16(7-9-17)11(2)18/h4-5H,3,6-10H2,1-2H3. The first-order valence-corrected chi connectivity index (χ1v) is 7.77. The molecule has 0 atom stereocenters. The average molecular weight is 296 g/mol. The number of carbonyl (C=O) groups is 2. The first kappa shape index (κ1) is 14.9. The normalized spacial score (nSPS) is 15.5. The zero-order valence-electron chi connectivity index (χ0n) is 11.9. The van der Waals surface area contributed by atoms with Gasteiger partial charge in [-0.3, -0.25) is 9.59 Å². The second-order valence-electron chi connectivity index (χ2n) is 4.67. The third-order valence-electron chi connectivity index (χ3n) is 3.42. The van der Waals surface area contributed by atoms with E-state index in [-0.39, 0.29) is 11.8 Å². The lowest BCUT2D eigenvalue weighted by atomic mass is 10.3. The molecule has 0 bridgehead atoms. The predicted molar refractivity (Wildman–Crippen MR) is 77.5 cm³/mol. The summed E-state index contributed by atoms with van der Waals surface area (Å²) in [7, 11) is 0. The molecular formula is C13H20N4O2S. The van der Waals surface area contributed by atoms with E-state index in [1.807, 2.05) is 15.7 Å². The number of piperazine rings is 1. The van der Waals surface area contributed by atoms with Crippen molar-refractivity contribution in [1.29, 1.82) is 0 Å². The minimum atomic E-state index is 0.0800. The molecule has 1 fully saturated rings. The highest BCUT2D eigenvalue weighted by atomic mass is 32.2. The molecule has 0 unspecified atom stereocenters. The molecule has 0 saturated carbocycles. The summed E-state index contributed by atoms with van der Waals surface area (Å²) in [6, 6.07) is 0.